The van der Waals surface area contributed by atoms with E-state index in [2.05, 4.69) is 0 Å². The first-order valence-corrected chi connectivity index (χ1v) is 5.18. The first kappa shape index (κ1) is 10.7. The van der Waals surface area contributed by atoms with Gasteiger partial charge in [-0.1, -0.05) is 17.7 Å². The topological polar surface area (TPSA) is 49.7 Å². The molecule has 13 heavy (non-hydrogen) atoms. The zero-order valence-electron chi connectivity index (χ0n) is 7.28. The second-order valence-corrected chi connectivity index (χ2v) is 3.73. The number of benzene rings is 1. The Morgan fingerprint density at radius 3 is 2.46 bits per heavy atom. The van der Waals surface area contributed by atoms with E-state index in [9.17, 15) is 0 Å². The molecule has 0 fully saturated rings. The molecule has 0 atom stereocenters. The molecular weight excluding hydrogens is 211 g/mol. The average molecular weight is 221 g/mol. The average Bonchev–Trinajstić information content (AvgIpc) is 2.06. The summed E-state index contributed by atoms with van der Waals surface area (Å²) in [5, 5.41) is 0.592. The van der Waals surface area contributed by atoms with Gasteiger partial charge in [-0.3, -0.25) is 0 Å². The Bertz CT molecular complexity index is 315. The van der Waals surface area contributed by atoms with Gasteiger partial charge in [0.15, 0.2) is 0 Å². The zero-order chi connectivity index (χ0) is 10.0. The van der Waals surface area contributed by atoms with E-state index in [4.69, 9.17) is 25.9 Å². The first-order valence-electron chi connectivity index (χ1n) is 3.64. The van der Waals surface area contributed by atoms with Crippen LogP contribution in [0.15, 0.2) is 12.1 Å². The summed E-state index contributed by atoms with van der Waals surface area (Å²) in [7, 11) is -2.37. The van der Waals surface area contributed by atoms with Crippen LogP contribution in [-0.4, -0.2) is 9.79 Å². The lowest BCUT2D eigenvalue weighted by Gasteiger charge is -2.10. The molecule has 0 unspecified atom stereocenters. The fourth-order valence-electron chi connectivity index (χ4n) is 0.990. The molecule has 0 radical (unpaired) electrons. The maximum absolute atomic E-state index is 8.65. The molecule has 0 aliphatic carbocycles. The molecule has 0 heterocycles. The highest BCUT2D eigenvalue weighted by atomic mass is 35.5. The van der Waals surface area contributed by atoms with Crippen molar-refractivity contribution in [1.82, 2.24) is 0 Å². The second-order valence-electron chi connectivity index (χ2n) is 2.66. The van der Waals surface area contributed by atoms with Gasteiger partial charge in [0.05, 0.1) is 5.02 Å². The van der Waals surface area contributed by atoms with Crippen molar-refractivity contribution < 1.29 is 14.3 Å². The van der Waals surface area contributed by atoms with Crippen molar-refractivity contribution in [2.75, 3.05) is 0 Å². The van der Waals surface area contributed by atoms with Gasteiger partial charge in [-0.2, -0.15) is 0 Å². The summed E-state index contributed by atoms with van der Waals surface area (Å²) in [6.07, 6.45) is 0. The molecule has 72 valence electrons. The number of rotatable bonds is 2. The van der Waals surface area contributed by atoms with Gasteiger partial charge in [-0.25, -0.2) is 0 Å². The smallest absolute Gasteiger partial charge is 0.391 e. The van der Waals surface area contributed by atoms with Gasteiger partial charge in [0.2, 0.25) is 0 Å². The second kappa shape index (κ2) is 4.25. The maximum atomic E-state index is 8.65. The SMILES string of the molecule is Cc1ccc(OP(O)O)c(C)c1Cl. The Kier molecular flexibility index (Phi) is 3.51. The minimum atomic E-state index is -2.37. The predicted molar refractivity (Wildman–Crippen MR) is 52.9 cm³/mol. The Hall–Kier alpha value is -0.340. The van der Waals surface area contributed by atoms with Crippen LogP contribution in [0.5, 0.6) is 5.75 Å². The van der Waals surface area contributed by atoms with Gasteiger partial charge in [0.25, 0.3) is 0 Å². The summed E-state index contributed by atoms with van der Waals surface area (Å²) in [5.74, 6) is 0.409. The molecule has 0 aromatic heterocycles. The Labute approximate surface area is 82.9 Å². The fourth-order valence-corrected chi connectivity index (χ4v) is 1.52. The Balaban J connectivity index is 3.04. The van der Waals surface area contributed by atoms with Gasteiger partial charge < -0.3 is 14.3 Å². The van der Waals surface area contributed by atoms with Gasteiger partial charge in [0.1, 0.15) is 5.75 Å². The van der Waals surface area contributed by atoms with E-state index in [1.54, 1.807) is 19.1 Å². The van der Waals surface area contributed by atoms with Crippen LogP contribution >= 0.6 is 20.2 Å². The lowest BCUT2D eigenvalue weighted by atomic mass is 10.1. The molecule has 1 rings (SSSR count). The standard InChI is InChI=1S/C8H10ClO3P/c1-5-3-4-7(12-13(10)11)6(2)8(5)9/h3-4,10-11H,1-2H3. The van der Waals surface area contributed by atoms with Gasteiger partial charge in [0, 0.05) is 5.56 Å². The van der Waals surface area contributed by atoms with Crippen molar-refractivity contribution in [2.45, 2.75) is 13.8 Å². The summed E-state index contributed by atoms with van der Waals surface area (Å²) in [6, 6.07) is 3.43. The van der Waals surface area contributed by atoms with Gasteiger partial charge in [-0.15, -0.1) is 0 Å². The molecule has 0 aliphatic heterocycles. The van der Waals surface area contributed by atoms with E-state index in [1.165, 1.54) is 0 Å². The van der Waals surface area contributed by atoms with Crippen LogP contribution in [0.2, 0.25) is 5.02 Å². The van der Waals surface area contributed by atoms with E-state index >= 15 is 0 Å². The highest BCUT2D eigenvalue weighted by Gasteiger charge is 2.09. The third kappa shape index (κ3) is 2.55. The van der Waals surface area contributed by atoms with Crippen LogP contribution in [0.25, 0.3) is 0 Å². The lowest BCUT2D eigenvalue weighted by Crippen LogP contribution is -1.90. The normalized spacial score (nSPS) is 10.6. The summed E-state index contributed by atoms with van der Waals surface area (Å²) >= 11 is 5.93. The summed E-state index contributed by atoms with van der Waals surface area (Å²) in [6.45, 7) is 3.64. The largest absolute Gasteiger partial charge is 0.427 e. The van der Waals surface area contributed by atoms with Crippen LogP contribution in [0.4, 0.5) is 0 Å². The number of halogens is 1. The third-order valence-electron chi connectivity index (χ3n) is 1.71. The molecule has 5 heteroatoms. The minimum Gasteiger partial charge on any atom is -0.427 e. The number of aryl methyl sites for hydroxylation is 1. The molecule has 0 aliphatic rings. The van der Waals surface area contributed by atoms with Crippen LogP contribution < -0.4 is 4.52 Å². The van der Waals surface area contributed by atoms with E-state index in [0.717, 1.165) is 11.1 Å². The molecule has 0 saturated heterocycles. The van der Waals surface area contributed by atoms with E-state index in [0.29, 0.717) is 10.8 Å². The maximum Gasteiger partial charge on any atom is 0.391 e. The van der Waals surface area contributed by atoms with Crippen molar-refractivity contribution in [3.8, 4) is 5.75 Å². The fraction of sp³-hybridized carbons (Fsp3) is 0.250. The van der Waals surface area contributed by atoms with Crippen LogP contribution in [0, 0.1) is 13.8 Å². The molecular formula is C8H10ClO3P. The summed E-state index contributed by atoms with van der Waals surface area (Å²) in [5.41, 5.74) is 1.66. The highest BCUT2D eigenvalue weighted by Crippen LogP contribution is 2.35. The minimum absolute atomic E-state index is 0.409. The highest BCUT2D eigenvalue weighted by molar-refractivity contribution is 7.39. The van der Waals surface area contributed by atoms with Crippen LogP contribution in [0.3, 0.4) is 0 Å². The molecule has 0 bridgehead atoms. The number of hydrogen-bond donors (Lipinski definition) is 2. The monoisotopic (exact) mass is 220 g/mol. The van der Waals surface area contributed by atoms with E-state index < -0.39 is 8.60 Å². The molecule has 0 amide bonds. The van der Waals surface area contributed by atoms with Crippen molar-refractivity contribution in [3.05, 3.63) is 28.3 Å². The van der Waals surface area contributed by atoms with Gasteiger partial charge >= 0.3 is 8.60 Å². The first-order chi connectivity index (χ1) is 6.02. The van der Waals surface area contributed by atoms with Crippen molar-refractivity contribution >= 4 is 20.2 Å². The van der Waals surface area contributed by atoms with Crippen molar-refractivity contribution in [1.29, 1.82) is 0 Å². The Morgan fingerprint density at radius 2 is 1.92 bits per heavy atom. The quantitative estimate of drug-likeness (QED) is 0.753. The third-order valence-corrected chi connectivity index (χ3v) is 2.65. The molecule has 1 aromatic carbocycles. The van der Waals surface area contributed by atoms with Crippen molar-refractivity contribution in [3.63, 3.8) is 0 Å². The molecule has 0 saturated carbocycles. The van der Waals surface area contributed by atoms with E-state index in [-0.39, 0.29) is 0 Å². The van der Waals surface area contributed by atoms with Gasteiger partial charge in [-0.05, 0) is 25.5 Å². The predicted octanol–water partition coefficient (Wildman–Crippen LogP) is 2.55. The lowest BCUT2D eigenvalue weighted by molar-refractivity contribution is 0.374. The molecule has 1 aromatic rings. The molecule has 0 spiro atoms. The summed E-state index contributed by atoms with van der Waals surface area (Å²) < 4.78 is 4.77. The van der Waals surface area contributed by atoms with E-state index in [1.807, 2.05) is 6.92 Å². The Morgan fingerprint density at radius 1 is 1.31 bits per heavy atom. The molecule has 2 N–H and O–H groups in total. The van der Waals surface area contributed by atoms with Crippen molar-refractivity contribution in [2.24, 2.45) is 0 Å². The van der Waals surface area contributed by atoms with Crippen LogP contribution in [0.1, 0.15) is 11.1 Å². The number of hydrogen-bond acceptors (Lipinski definition) is 3. The zero-order valence-corrected chi connectivity index (χ0v) is 8.93. The molecule has 3 nitrogen and oxygen atoms in total. The van der Waals surface area contributed by atoms with Crippen LogP contribution in [-0.2, 0) is 0 Å². The summed E-state index contributed by atoms with van der Waals surface area (Å²) in [4.78, 5) is 17.3.